The Morgan fingerprint density at radius 1 is 1.17 bits per heavy atom. The van der Waals surface area contributed by atoms with Gasteiger partial charge in [0, 0.05) is 24.5 Å². The first-order valence-electron chi connectivity index (χ1n) is 9.61. The molecule has 0 spiro atoms. The molecule has 0 aliphatic carbocycles. The molecule has 0 radical (unpaired) electrons. The molecule has 0 bridgehead atoms. The third-order valence-electron chi connectivity index (χ3n) is 4.78. The molecule has 2 N–H and O–H groups in total. The molecule has 7 nitrogen and oxygen atoms in total. The van der Waals surface area contributed by atoms with E-state index in [4.69, 9.17) is 24.2 Å². The number of aliphatic hydroxyl groups is 2. The summed E-state index contributed by atoms with van der Waals surface area (Å²) in [6, 6.07) is 12.8. The van der Waals surface area contributed by atoms with Crippen LogP contribution in [0.4, 0.5) is 0 Å². The molecule has 3 rings (SSSR count). The zero-order chi connectivity index (χ0) is 21.5. The molecule has 1 heterocycles. The topological polar surface area (TPSA) is 101 Å². The SMILES string of the molecule is COc1cc(/C=C/c2cccc(C#N)c2)c(O[C@H]2C[C@@H](O)C[C@@H](CO)O2)c(OC)c1. The van der Waals surface area contributed by atoms with Crippen molar-refractivity contribution in [2.45, 2.75) is 31.3 Å². The average Bonchev–Trinajstić information content (AvgIpc) is 2.77. The third kappa shape index (κ3) is 5.30. The fraction of sp³-hybridized carbons (Fsp3) is 0.348. The maximum absolute atomic E-state index is 10.1. The minimum Gasteiger partial charge on any atom is -0.497 e. The van der Waals surface area contributed by atoms with E-state index in [1.807, 2.05) is 24.3 Å². The van der Waals surface area contributed by atoms with Crippen LogP contribution in [0.2, 0.25) is 0 Å². The highest BCUT2D eigenvalue weighted by Gasteiger charge is 2.30. The summed E-state index contributed by atoms with van der Waals surface area (Å²) >= 11 is 0. The Labute approximate surface area is 175 Å². The monoisotopic (exact) mass is 411 g/mol. The van der Waals surface area contributed by atoms with Crippen molar-refractivity contribution in [3.05, 3.63) is 53.1 Å². The molecule has 0 aromatic heterocycles. The molecule has 1 aliphatic heterocycles. The molecule has 2 aromatic rings. The van der Waals surface area contributed by atoms with E-state index >= 15 is 0 Å². The zero-order valence-corrected chi connectivity index (χ0v) is 16.9. The van der Waals surface area contributed by atoms with Gasteiger partial charge in [-0.15, -0.1) is 0 Å². The molecule has 7 heteroatoms. The van der Waals surface area contributed by atoms with Gasteiger partial charge in [-0.05, 0) is 23.8 Å². The van der Waals surface area contributed by atoms with Gasteiger partial charge in [-0.1, -0.05) is 24.3 Å². The Morgan fingerprint density at radius 2 is 2.00 bits per heavy atom. The van der Waals surface area contributed by atoms with Crippen molar-refractivity contribution < 1.29 is 29.2 Å². The van der Waals surface area contributed by atoms with E-state index < -0.39 is 18.5 Å². The molecule has 0 amide bonds. The maximum atomic E-state index is 10.1. The summed E-state index contributed by atoms with van der Waals surface area (Å²) in [5, 5.41) is 28.6. The van der Waals surface area contributed by atoms with Crippen molar-refractivity contribution in [2.24, 2.45) is 0 Å². The van der Waals surface area contributed by atoms with E-state index in [9.17, 15) is 10.2 Å². The second kappa shape index (κ2) is 10.1. The van der Waals surface area contributed by atoms with Crippen LogP contribution in [0.5, 0.6) is 17.2 Å². The molecule has 1 fully saturated rings. The largest absolute Gasteiger partial charge is 0.497 e. The minimum atomic E-state index is -0.734. The highest BCUT2D eigenvalue weighted by atomic mass is 16.7. The van der Waals surface area contributed by atoms with Crippen molar-refractivity contribution in [1.82, 2.24) is 0 Å². The van der Waals surface area contributed by atoms with Crippen LogP contribution in [0, 0.1) is 11.3 Å². The van der Waals surface area contributed by atoms with Crippen LogP contribution in [-0.4, -0.2) is 49.5 Å². The molecule has 1 aliphatic rings. The molecule has 2 aromatic carbocycles. The van der Waals surface area contributed by atoms with Crippen LogP contribution in [0.25, 0.3) is 12.2 Å². The van der Waals surface area contributed by atoms with E-state index in [2.05, 4.69) is 6.07 Å². The number of rotatable bonds is 7. The van der Waals surface area contributed by atoms with Gasteiger partial charge in [0.05, 0.1) is 44.7 Å². The Morgan fingerprint density at radius 3 is 2.70 bits per heavy atom. The van der Waals surface area contributed by atoms with E-state index in [0.29, 0.717) is 34.8 Å². The van der Waals surface area contributed by atoms with Crippen LogP contribution in [0.3, 0.4) is 0 Å². The Bertz CT molecular complexity index is 936. The summed E-state index contributed by atoms with van der Waals surface area (Å²) in [6.07, 6.45) is 2.47. The van der Waals surface area contributed by atoms with Gasteiger partial charge in [0.2, 0.25) is 6.29 Å². The van der Waals surface area contributed by atoms with Gasteiger partial charge >= 0.3 is 0 Å². The molecule has 1 saturated heterocycles. The zero-order valence-electron chi connectivity index (χ0n) is 16.9. The quantitative estimate of drug-likeness (QED) is 0.676. The summed E-state index contributed by atoms with van der Waals surface area (Å²) < 4.78 is 22.7. The lowest BCUT2D eigenvalue weighted by Gasteiger charge is -2.32. The van der Waals surface area contributed by atoms with Gasteiger partial charge in [0.1, 0.15) is 5.75 Å². The van der Waals surface area contributed by atoms with Crippen molar-refractivity contribution in [2.75, 3.05) is 20.8 Å². The molecule has 30 heavy (non-hydrogen) atoms. The number of hydrogen-bond donors (Lipinski definition) is 2. The number of nitrogens with zero attached hydrogens (tertiary/aromatic N) is 1. The number of benzene rings is 2. The molecule has 0 unspecified atom stereocenters. The maximum Gasteiger partial charge on any atom is 0.202 e. The van der Waals surface area contributed by atoms with E-state index in [1.165, 1.54) is 7.11 Å². The Balaban J connectivity index is 1.94. The van der Waals surface area contributed by atoms with Gasteiger partial charge in [0.15, 0.2) is 11.5 Å². The molecule has 3 atom stereocenters. The van der Waals surface area contributed by atoms with E-state index in [1.54, 1.807) is 31.4 Å². The van der Waals surface area contributed by atoms with Crippen LogP contribution in [0.1, 0.15) is 29.5 Å². The van der Waals surface area contributed by atoms with Crippen LogP contribution >= 0.6 is 0 Å². The van der Waals surface area contributed by atoms with Crippen molar-refractivity contribution >= 4 is 12.2 Å². The van der Waals surface area contributed by atoms with Gasteiger partial charge in [-0.25, -0.2) is 0 Å². The Kier molecular flexibility index (Phi) is 7.31. The first kappa shape index (κ1) is 21.7. The summed E-state index contributed by atoms with van der Waals surface area (Å²) in [5.74, 6) is 1.47. The van der Waals surface area contributed by atoms with Crippen LogP contribution in [0.15, 0.2) is 36.4 Å². The fourth-order valence-electron chi connectivity index (χ4n) is 3.29. The highest BCUT2D eigenvalue weighted by Crippen LogP contribution is 2.39. The predicted molar refractivity (Wildman–Crippen MR) is 111 cm³/mol. The van der Waals surface area contributed by atoms with Crippen molar-refractivity contribution in [1.29, 1.82) is 5.26 Å². The van der Waals surface area contributed by atoms with E-state index in [-0.39, 0.29) is 13.0 Å². The van der Waals surface area contributed by atoms with Gasteiger partial charge in [-0.2, -0.15) is 5.26 Å². The lowest BCUT2D eigenvalue weighted by Crippen LogP contribution is -2.40. The summed E-state index contributed by atoms with van der Waals surface area (Å²) in [4.78, 5) is 0. The molecule has 158 valence electrons. The molecular weight excluding hydrogens is 386 g/mol. The van der Waals surface area contributed by atoms with Crippen LogP contribution < -0.4 is 14.2 Å². The number of methoxy groups -OCH3 is 2. The number of aliphatic hydroxyl groups excluding tert-OH is 2. The second-order valence-corrected chi connectivity index (χ2v) is 6.93. The standard InChI is InChI=1S/C23H25NO6/c1-27-19-9-17(7-6-15-4-3-5-16(8-15)13-24)23(21(12-19)28-2)30-22-11-18(26)10-20(14-25)29-22/h3-9,12,18,20,22,25-26H,10-11,14H2,1-2H3/b7-6+/t18-,20-,22-/m0/s1. The average molecular weight is 411 g/mol. The van der Waals surface area contributed by atoms with Gasteiger partial charge < -0.3 is 29.2 Å². The summed E-state index contributed by atoms with van der Waals surface area (Å²) in [5.41, 5.74) is 2.10. The Hall–Kier alpha value is -3.05. The smallest absolute Gasteiger partial charge is 0.202 e. The molecule has 0 saturated carbocycles. The normalized spacial score (nSPS) is 21.2. The summed E-state index contributed by atoms with van der Waals surface area (Å²) in [7, 11) is 3.09. The van der Waals surface area contributed by atoms with E-state index in [0.717, 1.165) is 5.56 Å². The van der Waals surface area contributed by atoms with Crippen molar-refractivity contribution in [3.8, 4) is 23.3 Å². The first-order chi connectivity index (χ1) is 14.6. The number of hydrogen-bond acceptors (Lipinski definition) is 7. The third-order valence-corrected chi connectivity index (χ3v) is 4.78. The lowest BCUT2D eigenvalue weighted by molar-refractivity contribution is -0.185. The minimum absolute atomic E-state index is 0.196. The van der Waals surface area contributed by atoms with Crippen molar-refractivity contribution in [3.63, 3.8) is 0 Å². The summed E-state index contributed by atoms with van der Waals surface area (Å²) in [6.45, 7) is -0.196. The highest BCUT2D eigenvalue weighted by molar-refractivity contribution is 5.75. The fourth-order valence-corrected chi connectivity index (χ4v) is 3.29. The first-order valence-corrected chi connectivity index (χ1v) is 9.61. The second-order valence-electron chi connectivity index (χ2n) is 6.93. The van der Waals surface area contributed by atoms with Gasteiger partial charge in [-0.3, -0.25) is 0 Å². The van der Waals surface area contributed by atoms with Gasteiger partial charge in [0.25, 0.3) is 0 Å². The number of ether oxygens (including phenoxy) is 4. The van der Waals surface area contributed by atoms with Crippen LogP contribution in [-0.2, 0) is 4.74 Å². The molecular formula is C23H25NO6. The number of nitriles is 1. The predicted octanol–water partition coefficient (Wildman–Crippen LogP) is 2.98. The lowest BCUT2D eigenvalue weighted by atomic mass is 10.1.